The van der Waals surface area contributed by atoms with Crippen LogP contribution in [-0.2, 0) is 6.18 Å². The van der Waals surface area contributed by atoms with E-state index in [0.29, 0.717) is 0 Å². The normalized spacial score (nSPS) is 18.8. The number of carbonyl (C=O) groups is 1. The maximum Gasteiger partial charge on any atom is 0.416 e. The Morgan fingerprint density at radius 2 is 1.90 bits per heavy atom. The lowest BCUT2D eigenvalue weighted by Crippen LogP contribution is -2.46. The van der Waals surface area contributed by atoms with Gasteiger partial charge in [-0.3, -0.25) is 4.79 Å². The van der Waals surface area contributed by atoms with E-state index in [4.69, 9.17) is 0 Å². The Morgan fingerprint density at radius 3 is 2.38 bits per heavy atom. The molecule has 1 aromatic rings. The Labute approximate surface area is 127 Å². The molecule has 0 saturated carbocycles. The molecule has 1 unspecified atom stereocenters. The predicted molar refractivity (Wildman–Crippen MR) is 76.7 cm³/mol. The number of carbonyl (C=O) groups excluding carboxylic acids is 1. The SMILES string of the molecule is CN(C(=O)c1ccc(C(F)(F)F)cc1)C1CCCNC1.Cl. The Morgan fingerprint density at radius 1 is 1.29 bits per heavy atom. The summed E-state index contributed by atoms with van der Waals surface area (Å²) < 4.78 is 37.4. The van der Waals surface area contributed by atoms with Crippen molar-refractivity contribution in [1.82, 2.24) is 10.2 Å². The number of nitrogens with zero attached hydrogens (tertiary/aromatic N) is 1. The van der Waals surface area contributed by atoms with Crippen LogP contribution in [0.25, 0.3) is 0 Å². The van der Waals surface area contributed by atoms with Crippen LogP contribution in [0.1, 0.15) is 28.8 Å². The summed E-state index contributed by atoms with van der Waals surface area (Å²) in [6, 6.07) is 4.45. The highest BCUT2D eigenvalue weighted by molar-refractivity contribution is 5.94. The van der Waals surface area contributed by atoms with Gasteiger partial charge in [0.15, 0.2) is 0 Å². The largest absolute Gasteiger partial charge is 0.416 e. The van der Waals surface area contributed by atoms with Gasteiger partial charge in [0.1, 0.15) is 0 Å². The van der Waals surface area contributed by atoms with E-state index in [1.54, 1.807) is 11.9 Å². The van der Waals surface area contributed by atoms with Crippen molar-refractivity contribution in [1.29, 1.82) is 0 Å². The third kappa shape index (κ3) is 4.35. The van der Waals surface area contributed by atoms with Crippen LogP contribution in [0.15, 0.2) is 24.3 Å². The Hall–Kier alpha value is -1.27. The molecule has 0 aromatic heterocycles. The van der Waals surface area contributed by atoms with Gasteiger partial charge in [0.05, 0.1) is 5.56 Å². The van der Waals surface area contributed by atoms with Crippen molar-refractivity contribution in [3.05, 3.63) is 35.4 Å². The van der Waals surface area contributed by atoms with Gasteiger partial charge in [-0.1, -0.05) is 0 Å². The Balaban J connectivity index is 0.00000220. The number of hydrogen-bond acceptors (Lipinski definition) is 2. The average molecular weight is 323 g/mol. The van der Waals surface area contributed by atoms with E-state index >= 15 is 0 Å². The van der Waals surface area contributed by atoms with Crippen molar-refractivity contribution in [3.8, 4) is 0 Å². The molecule has 3 nitrogen and oxygen atoms in total. The highest BCUT2D eigenvalue weighted by Gasteiger charge is 2.30. The molecule has 21 heavy (non-hydrogen) atoms. The van der Waals surface area contributed by atoms with Crippen LogP contribution in [0.3, 0.4) is 0 Å². The number of amides is 1. The fourth-order valence-corrected chi connectivity index (χ4v) is 2.34. The zero-order chi connectivity index (χ0) is 14.8. The number of hydrogen-bond donors (Lipinski definition) is 1. The highest BCUT2D eigenvalue weighted by atomic mass is 35.5. The van der Waals surface area contributed by atoms with Crippen molar-refractivity contribution in [2.75, 3.05) is 20.1 Å². The summed E-state index contributed by atoms with van der Waals surface area (Å²) in [4.78, 5) is 13.8. The van der Waals surface area contributed by atoms with E-state index in [1.165, 1.54) is 12.1 Å². The van der Waals surface area contributed by atoms with Gasteiger partial charge >= 0.3 is 6.18 Å². The molecule has 1 atom stereocenters. The van der Waals surface area contributed by atoms with Crippen LogP contribution in [0.5, 0.6) is 0 Å². The fraction of sp³-hybridized carbons (Fsp3) is 0.500. The van der Waals surface area contributed by atoms with E-state index in [9.17, 15) is 18.0 Å². The lowest BCUT2D eigenvalue weighted by Gasteiger charge is -2.31. The number of alkyl halides is 3. The number of rotatable bonds is 2. The second-order valence-corrected chi connectivity index (χ2v) is 4.99. The molecule has 1 N–H and O–H groups in total. The lowest BCUT2D eigenvalue weighted by molar-refractivity contribution is -0.137. The molecule has 0 bridgehead atoms. The molecule has 1 heterocycles. The van der Waals surface area contributed by atoms with Crippen LogP contribution in [0.2, 0.25) is 0 Å². The minimum absolute atomic E-state index is 0. The molecular weight excluding hydrogens is 305 g/mol. The zero-order valence-corrected chi connectivity index (χ0v) is 12.4. The molecule has 1 amide bonds. The summed E-state index contributed by atoms with van der Waals surface area (Å²) in [7, 11) is 1.69. The van der Waals surface area contributed by atoms with Gasteiger partial charge in [0, 0.05) is 25.2 Å². The quantitative estimate of drug-likeness (QED) is 0.908. The third-order valence-corrected chi connectivity index (χ3v) is 3.60. The minimum Gasteiger partial charge on any atom is -0.337 e. The molecule has 1 fully saturated rings. The van der Waals surface area contributed by atoms with Gasteiger partial charge in [0.2, 0.25) is 0 Å². The molecule has 1 aliphatic rings. The summed E-state index contributed by atoms with van der Waals surface area (Å²) in [6.45, 7) is 1.67. The minimum atomic E-state index is -4.37. The van der Waals surface area contributed by atoms with E-state index in [1.807, 2.05) is 0 Å². The van der Waals surface area contributed by atoms with Gasteiger partial charge in [-0.25, -0.2) is 0 Å². The molecule has 0 aliphatic carbocycles. The van der Waals surface area contributed by atoms with E-state index < -0.39 is 11.7 Å². The molecule has 0 spiro atoms. The smallest absolute Gasteiger partial charge is 0.337 e. The van der Waals surface area contributed by atoms with Crippen LogP contribution in [0, 0.1) is 0 Å². The average Bonchev–Trinajstić information content (AvgIpc) is 2.46. The molecular formula is C14H18ClF3N2O. The van der Waals surface area contributed by atoms with Crippen molar-refractivity contribution in [3.63, 3.8) is 0 Å². The predicted octanol–water partition coefficient (Wildman–Crippen LogP) is 2.95. The molecule has 1 aromatic carbocycles. The summed E-state index contributed by atoms with van der Waals surface area (Å²) in [5.41, 5.74) is -0.456. The fourth-order valence-electron chi connectivity index (χ4n) is 2.34. The molecule has 1 saturated heterocycles. The molecule has 1 aliphatic heterocycles. The lowest BCUT2D eigenvalue weighted by atomic mass is 10.0. The van der Waals surface area contributed by atoms with Gasteiger partial charge in [-0.15, -0.1) is 12.4 Å². The topological polar surface area (TPSA) is 32.3 Å². The number of likely N-dealkylation sites (N-methyl/N-ethyl adjacent to an activating group) is 1. The first kappa shape index (κ1) is 17.8. The van der Waals surface area contributed by atoms with Crippen LogP contribution in [0.4, 0.5) is 13.2 Å². The van der Waals surface area contributed by atoms with Crippen molar-refractivity contribution in [2.45, 2.75) is 25.1 Å². The first-order chi connectivity index (χ1) is 9.39. The van der Waals surface area contributed by atoms with Crippen LogP contribution in [-0.4, -0.2) is 37.0 Å². The van der Waals surface area contributed by atoms with Gasteiger partial charge in [-0.05, 0) is 43.7 Å². The van der Waals surface area contributed by atoms with Crippen molar-refractivity contribution >= 4 is 18.3 Å². The summed E-state index contributed by atoms with van der Waals surface area (Å²) in [5.74, 6) is -0.243. The first-order valence-electron chi connectivity index (χ1n) is 6.55. The second-order valence-electron chi connectivity index (χ2n) is 4.99. The number of halogens is 4. The Bertz CT molecular complexity index is 470. The maximum absolute atomic E-state index is 12.5. The molecule has 2 rings (SSSR count). The van der Waals surface area contributed by atoms with Crippen molar-refractivity contribution in [2.24, 2.45) is 0 Å². The van der Waals surface area contributed by atoms with E-state index in [2.05, 4.69) is 5.32 Å². The molecule has 118 valence electrons. The van der Waals surface area contributed by atoms with Crippen LogP contribution >= 0.6 is 12.4 Å². The van der Waals surface area contributed by atoms with Crippen molar-refractivity contribution < 1.29 is 18.0 Å². The maximum atomic E-state index is 12.5. The Kier molecular flexibility index (Phi) is 6.04. The summed E-state index contributed by atoms with van der Waals surface area (Å²) in [5, 5.41) is 3.21. The number of nitrogens with one attached hydrogen (secondary N) is 1. The first-order valence-corrected chi connectivity index (χ1v) is 6.55. The van der Waals surface area contributed by atoms with Gasteiger partial charge in [0.25, 0.3) is 5.91 Å². The monoisotopic (exact) mass is 322 g/mol. The summed E-state index contributed by atoms with van der Waals surface area (Å²) in [6.07, 6.45) is -2.47. The van der Waals surface area contributed by atoms with Gasteiger partial charge < -0.3 is 10.2 Å². The highest BCUT2D eigenvalue weighted by Crippen LogP contribution is 2.29. The number of benzene rings is 1. The van der Waals surface area contributed by atoms with E-state index in [-0.39, 0.29) is 29.9 Å². The third-order valence-electron chi connectivity index (χ3n) is 3.60. The standard InChI is InChI=1S/C14H17F3N2O.ClH/c1-19(12-3-2-8-18-9-12)13(20)10-4-6-11(7-5-10)14(15,16)17;/h4-7,12,18H,2-3,8-9H2,1H3;1H. The molecule has 0 radical (unpaired) electrons. The van der Waals surface area contributed by atoms with Gasteiger partial charge in [-0.2, -0.15) is 13.2 Å². The number of piperidine rings is 1. The van der Waals surface area contributed by atoms with Crippen LogP contribution < -0.4 is 5.32 Å². The summed E-state index contributed by atoms with van der Waals surface area (Å²) >= 11 is 0. The van der Waals surface area contributed by atoms with E-state index in [0.717, 1.165) is 38.1 Å². The molecule has 7 heteroatoms. The second kappa shape index (κ2) is 7.13. The zero-order valence-electron chi connectivity index (χ0n) is 11.6.